The third kappa shape index (κ3) is 6.30. The number of amides is 2. The Bertz CT molecular complexity index is 1870. The van der Waals surface area contributed by atoms with Crippen molar-refractivity contribution in [1.29, 1.82) is 0 Å². The van der Waals surface area contributed by atoms with Gasteiger partial charge in [0.25, 0.3) is 5.91 Å². The predicted molar refractivity (Wildman–Crippen MR) is 179 cm³/mol. The van der Waals surface area contributed by atoms with Crippen molar-refractivity contribution in [2.24, 2.45) is 7.05 Å². The molecule has 2 fully saturated rings. The molecule has 0 bridgehead atoms. The van der Waals surface area contributed by atoms with Gasteiger partial charge in [-0.2, -0.15) is 4.98 Å². The fraction of sp³-hybridized carbons (Fsp3) is 0.361. The van der Waals surface area contributed by atoms with Crippen LogP contribution in [0.2, 0.25) is 0 Å². The molecule has 0 aliphatic heterocycles. The summed E-state index contributed by atoms with van der Waals surface area (Å²) < 4.78 is 13.1. The lowest BCUT2D eigenvalue weighted by Gasteiger charge is -2.40. The van der Waals surface area contributed by atoms with Crippen molar-refractivity contribution in [3.05, 3.63) is 71.4 Å². The Morgan fingerprint density at radius 2 is 1.87 bits per heavy atom. The average molecular weight is 638 g/mol. The molecule has 0 radical (unpaired) electrons. The van der Waals surface area contributed by atoms with Crippen molar-refractivity contribution in [3.63, 3.8) is 0 Å². The van der Waals surface area contributed by atoms with Crippen molar-refractivity contribution in [2.45, 2.75) is 63.3 Å². The van der Waals surface area contributed by atoms with Gasteiger partial charge in [0.15, 0.2) is 5.82 Å². The van der Waals surface area contributed by atoms with Crippen molar-refractivity contribution < 1.29 is 29.0 Å². The van der Waals surface area contributed by atoms with Gasteiger partial charge in [-0.1, -0.05) is 18.9 Å². The molecule has 244 valence electrons. The number of rotatable bonds is 11. The number of anilines is 1. The summed E-state index contributed by atoms with van der Waals surface area (Å²) in [5.74, 6) is 0.181. The summed E-state index contributed by atoms with van der Waals surface area (Å²) in [7, 11) is 3.56. The lowest BCUT2D eigenvalue weighted by molar-refractivity contribution is -0.131. The van der Waals surface area contributed by atoms with Gasteiger partial charge in [0.05, 0.1) is 19.4 Å². The van der Waals surface area contributed by atoms with Crippen molar-refractivity contribution in [1.82, 2.24) is 19.9 Å². The van der Waals surface area contributed by atoms with E-state index in [1.165, 1.54) is 24.5 Å². The molecule has 6 rings (SSSR count). The first-order chi connectivity index (χ1) is 22.7. The maximum absolute atomic E-state index is 13.8. The summed E-state index contributed by atoms with van der Waals surface area (Å²) in [5.41, 5.74) is 3.49. The Kier molecular flexibility index (Phi) is 8.97. The molecule has 2 aromatic heterocycles. The second-order valence-electron chi connectivity index (χ2n) is 12.2. The van der Waals surface area contributed by atoms with Crippen molar-refractivity contribution in [2.75, 3.05) is 19.0 Å². The number of carbonyl (C=O) groups is 3. The van der Waals surface area contributed by atoms with Gasteiger partial charge in [-0.3, -0.25) is 9.59 Å². The van der Waals surface area contributed by atoms with E-state index < -0.39 is 11.5 Å². The summed E-state index contributed by atoms with van der Waals surface area (Å²) in [6.07, 6.45) is 10.5. The number of aliphatic carboxylic acids is 1. The van der Waals surface area contributed by atoms with Crippen LogP contribution in [0.25, 0.3) is 28.5 Å². The quantitative estimate of drug-likeness (QED) is 0.168. The average Bonchev–Trinajstić information content (AvgIpc) is 3.68. The van der Waals surface area contributed by atoms with Crippen LogP contribution in [0.5, 0.6) is 11.6 Å². The van der Waals surface area contributed by atoms with E-state index in [4.69, 9.17) is 14.6 Å². The summed E-state index contributed by atoms with van der Waals surface area (Å²) in [5, 5.41) is 16.1. The Hall–Kier alpha value is -5.19. The summed E-state index contributed by atoms with van der Waals surface area (Å²) in [6.45, 7) is 2.19. The summed E-state index contributed by atoms with van der Waals surface area (Å²) >= 11 is 0. The molecule has 2 aliphatic rings. The van der Waals surface area contributed by atoms with Crippen LogP contribution in [0.1, 0.15) is 79.3 Å². The van der Waals surface area contributed by atoms with Crippen molar-refractivity contribution >= 4 is 40.4 Å². The number of hydrogen-bond donors (Lipinski definition) is 3. The molecule has 2 saturated carbocycles. The van der Waals surface area contributed by atoms with Gasteiger partial charge in [0.2, 0.25) is 11.8 Å². The number of fused-ring (bicyclic) bond motifs is 1. The van der Waals surface area contributed by atoms with E-state index in [0.717, 1.165) is 41.9 Å². The number of aryl methyl sites for hydroxylation is 1. The molecule has 2 aromatic carbocycles. The van der Waals surface area contributed by atoms with E-state index in [-0.39, 0.29) is 11.8 Å². The highest BCUT2D eigenvalue weighted by molar-refractivity contribution is 6.06. The zero-order valence-electron chi connectivity index (χ0n) is 26.8. The summed E-state index contributed by atoms with van der Waals surface area (Å²) in [4.78, 5) is 47.6. The molecule has 0 saturated heterocycles. The maximum Gasteiger partial charge on any atom is 0.328 e. The molecular weight excluding hydrogens is 598 g/mol. The third-order valence-electron chi connectivity index (χ3n) is 9.29. The molecule has 0 unspecified atom stereocenters. The van der Waals surface area contributed by atoms with Crippen LogP contribution in [-0.4, -0.2) is 56.7 Å². The van der Waals surface area contributed by atoms with Gasteiger partial charge in [-0.15, -0.1) is 0 Å². The number of aromatic nitrogens is 3. The third-order valence-corrected chi connectivity index (χ3v) is 9.29. The van der Waals surface area contributed by atoms with E-state index in [9.17, 15) is 14.4 Å². The van der Waals surface area contributed by atoms with Gasteiger partial charge >= 0.3 is 5.97 Å². The van der Waals surface area contributed by atoms with E-state index >= 15 is 0 Å². The van der Waals surface area contributed by atoms with Crippen LogP contribution in [-0.2, 0) is 16.6 Å². The first kappa shape index (κ1) is 31.8. The van der Waals surface area contributed by atoms with Crippen LogP contribution in [0.15, 0.2) is 54.7 Å². The minimum absolute atomic E-state index is 0.311. The second-order valence-corrected chi connectivity index (χ2v) is 12.2. The SMILES string of the molecule is CCOc1cc(NC(=O)C2(NC(=O)c3ccc4c(C5CCCC5)c(-c5nccc(OC)n5)n(C)c4c3)CCC2)ccc1/C=C/C(=O)O. The maximum atomic E-state index is 13.8. The lowest BCUT2D eigenvalue weighted by Crippen LogP contribution is -2.61. The summed E-state index contributed by atoms with van der Waals surface area (Å²) in [6, 6.07) is 12.5. The Labute approximate surface area is 273 Å². The van der Waals surface area contributed by atoms with Crippen LogP contribution in [0.3, 0.4) is 0 Å². The zero-order chi connectivity index (χ0) is 33.1. The standard InChI is InChI=1S/C36H39N5O6/c1-4-47-28-21-25(13-10-22(28)12-15-30(42)43)38-35(45)36(17-7-18-36)40-34(44)24-11-14-26-27(20-24)41(2)32(31(26)23-8-5-6-9-23)33-37-19-16-29(39-33)46-3/h10-16,19-21,23H,4-9,17-18H2,1-3H3,(H,38,45)(H,40,44)(H,42,43)/b15-12+. The number of ether oxygens (including phenoxy) is 2. The van der Waals surface area contributed by atoms with E-state index in [2.05, 4.69) is 25.2 Å². The number of benzene rings is 2. The molecule has 11 heteroatoms. The number of carboxylic acids is 1. The molecule has 47 heavy (non-hydrogen) atoms. The van der Waals surface area contributed by atoms with Gasteiger partial charge in [0, 0.05) is 59.2 Å². The van der Waals surface area contributed by atoms with E-state index in [0.29, 0.717) is 59.6 Å². The largest absolute Gasteiger partial charge is 0.493 e. The van der Waals surface area contributed by atoms with Crippen LogP contribution in [0, 0.1) is 0 Å². The fourth-order valence-corrected chi connectivity index (χ4v) is 6.75. The zero-order valence-corrected chi connectivity index (χ0v) is 26.8. The second kappa shape index (κ2) is 13.3. The molecule has 11 nitrogen and oxygen atoms in total. The van der Waals surface area contributed by atoms with E-state index in [1.54, 1.807) is 37.6 Å². The van der Waals surface area contributed by atoms with Crippen LogP contribution >= 0.6 is 0 Å². The van der Waals surface area contributed by atoms with Gasteiger partial charge in [-0.05, 0) is 80.9 Å². The highest BCUT2D eigenvalue weighted by Gasteiger charge is 2.45. The monoisotopic (exact) mass is 637 g/mol. The predicted octanol–water partition coefficient (Wildman–Crippen LogP) is 6.09. The van der Waals surface area contributed by atoms with Crippen LogP contribution in [0.4, 0.5) is 5.69 Å². The Morgan fingerprint density at radius 1 is 1.09 bits per heavy atom. The number of carbonyl (C=O) groups excluding carboxylic acids is 2. The minimum Gasteiger partial charge on any atom is -0.493 e. The highest BCUT2D eigenvalue weighted by atomic mass is 16.5. The molecule has 0 atom stereocenters. The minimum atomic E-state index is -1.07. The first-order valence-electron chi connectivity index (χ1n) is 16.0. The molecule has 0 spiro atoms. The van der Waals surface area contributed by atoms with Crippen molar-refractivity contribution in [3.8, 4) is 23.1 Å². The molecular formula is C36H39N5O6. The molecule has 2 heterocycles. The number of methoxy groups -OCH3 is 1. The molecule has 2 amide bonds. The topological polar surface area (TPSA) is 145 Å². The normalized spacial score (nSPS) is 15.8. The molecule has 4 aromatic rings. The first-order valence-corrected chi connectivity index (χ1v) is 16.0. The Balaban J connectivity index is 1.27. The fourth-order valence-electron chi connectivity index (χ4n) is 6.75. The van der Waals surface area contributed by atoms with Gasteiger partial charge < -0.3 is 29.8 Å². The number of nitrogens with zero attached hydrogens (tertiary/aromatic N) is 3. The van der Waals surface area contributed by atoms with Gasteiger partial charge in [0.1, 0.15) is 11.3 Å². The highest BCUT2D eigenvalue weighted by Crippen LogP contribution is 2.44. The lowest BCUT2D eigenvalue weighted by atomic mass is 9.75. The number of nitrogens with one attached hydrogen (secondary N) is 2. The smallest absolute Gasteiger partial charge is 0.328 e. The Morgan fingerprint density at radius 3 is 2.55 bits per heavy atom. The van der Waals surface area contributed by atoms with E-state index in [1.807, 2.05) is 32.2 Å². The number of carboxylic acid groups (broad SMARTS) is 1. The molecule has 2 aliphatic carbocycles. The van der Waals surface area contributed by atoms with Gasteiger partial charge in [-0.25, -0.2) is 9.78 Å². The van der Waals surface area contributed by atoms with Crippen LogP contribution < -0.4 is 20.1 Å². The number of hydrogen-bond acceptors (Lipinski definition) is 7. The molecule has 3 N–H and O–H groups in total.